The highest BCUT2D eigenvalue weighted by Crippen LogP contribution is 2.20. The summed E-state index contributed by atoms with van der Waals surface area (Å²) in [6.45, 7) is 5.38. The van der Waals surface area contributed by atoms with Crippen LogP contribution in [0.25, 0.3) is 0 Å². The van der Waals surface area contributed by atoms with Gasteiger partial charge in [0.1, 0.15) is 5.82 Å². The molecule has 1 aliphatic heterocycles. The first-order valence-corrected chi connectivity index (χ1v) is 9.54. The van der Waals surface area contributed by atoms with Crippen molar-refractivity contribution in [2.24, 2.45) is 0 Å². The molecule has 1 aromatic carbocycles. The SMILES string of the molecule is CC[C@H]1CCCCN1CCCNC(=S)Nc1ccc(Br)cc1F. The Kier molecular flexibility index (Phi) is 7.73. The molecule has 23 heavy (non-hydrogen) atoms. The lowest BCUT2D eigenvalue weighted by Crippen LogP contribution is -2.41. The summed E-state index contributed by atoms with van der Waals surface area (Å²) < 4.78 is 14.5. The summed E-state index contributed by atoms with van der Waals surface area (Å²) in [6, 6.07) is 5.62. The summed E-state index contributed by atoms with van der Waals surface area (Å²) in [5.74, 6) is -0.317. The Balaban J connectivity index is 1.68. The van der Waals surface area contributed by atoms with Gasteiger partial charge in [-0.2, -0.15) is 0 Å². The van der Waals surface area contributed by atoms with Gasteiger partial charge in [-0.1, -0.05) is 29.3 Å². The van der Waals surface area contributed by atoms with Crippen LogP contribution in [0, 0.1) is 5.82 Å². The highest BCUT2D eigenvalue weighted by Gasteiger charge is 2.19. The summed E-state index contributed by atoms with van der Waals surface area (Å²) in [7, 11) is 0. The highest BCUT2D eigenvalue weighted by atomic mass is 79.9. The number of benzene rings is 1. The molecule has 1 aromatic rings. The zero-order chi connectivity index (χ0) is 16.7. The molecule has 0 spiro atoms. The van der Waals surface area contributed by atoms with Crippen LogP contribution in [0.3, 0.4) is 0 Å². The van der Waals surface area contributed by atoms with Gasteiger partial charge in [0.2, 0.25) is 0 Å². The van der Waals surface area contributed by atoms with Crippen molar-refractivity contribution in [2.45, 2.75) is 45.1 Å². The van der Waals surface area contributed by atoms with Crippen molar-refractivity contribution in [3.63, 3.8) is 0 Å². The monoisotopic (exact) mass is 401 g/mol. The molecule has 0 amide bonds. The number of halogens is 2. The molecule has 1 heterocycles. The van der Waals surface area contributed by atoms with Gasteiger partial charge in [-0.25, -0.2) is 4.39 Å². The van der Waals surface area contributed by atoms with Crippen LogP contribution in [-0.2, 0) is 0 Å². The lowest BCUT2D eigenvalue weighted by Gasteiger charge is -2.35. The van der Waals surface area contributed by atoms with Gasteiger partial charge in [0.05, 0.1) is 5.69 Å². The summed E-state index contributed by atoms with van der Waals surface area (Å²) >= 11 is 8.47. The third-order valence-corrected chi connectivity index (χ3v) is 5.05. The number of hydrogen-bond donors (Lipinski definition) is 2. The van der Waals surface area contributed by atoms with E-state index in [1.54, 1.807) is 12.1 Å². The number of rotatable bonds is 6. The average Bonchev–Trinajstić information content (AvgIpc) is 2.54. The van der Waals surface area contributed by atoms with Gasteiger partial charge in [0, 0.05) is 23.6 Å². The third kappa shape index (κ3) is 6.01. The molecule has 0 aliphatic carbocycles. The Morgan fingerprint density at radius 1 is 1.43 bits per heavy atom. The van der Waals surface area contributed by atoms with E-state index in [0.717, 1.165) is 25.6 Å². The predicted octanol–water partition coefficient (Wildman–Crippen LogP) is 4.53. The Labute approximate surface area is 152 Å². The first-order chi connectivity index (χ1) is 11.1. The second-order valence-corrected chi connectivity index (χ2v) is 7.28. The number of thiocarbonyl (C=S) groups is 1. The van der Waals surface area contributed by atoms with Crippen LogP contribution in [0.2, 0.25) is 0 Å². The van der Waals surface area contributed by atoms with E-state index in [4.69, 9.17) is 12.2 Å². The number of piperidine rings is 1. The van der Waals surface area contributed by atoms with Crippen LogP contribution in [0.15, 0.2) is 22.7 Å². The zero-order valence-electron chi connectivity index (χ0n) is 13.6. The average molecular weight is 402 g/mol. The van der Waals surface area contributed by atoms with E-state index in [9.17, 15) is 4.39 Å². The van der Waals surface area contributed by atoms with Crippen LogP contribution in [0.5, 0.6) is 0 Å². The molecule has 3 nitrogen and oxygen atoms in total. The summed E-state index contributed by atoms with van der Waals surface area (Å²) in [4.78, 5) is 2.59. The Hall–Kier alpha value is -0.720. The normalized spacial score (nSPS) is 18.7. The summed E-state index contributed by atoms with van der Waals surface area (Å²) in [5, 5.41) is 6.54. The topological polar surface area (TPSA) is 27.3 Å². The Morgan fingerprint density at radius 3 is 3.00 bits per heavy atom. The van der Waals surface area contributed by atoms with E-state index in [2.05, 4.69) is 38.4 Å². The van der Waals surface area contributed by atoms with Crippen molar-refractivity contribution in [3.05, 3.63) is 28.5 Å². The molecule has 2 rings (SSSR count). The molecule has 0 bridgehead atoms. The van der Waals surface area contributed by atoms with E-state index in [1.165, 1.54) is 38.3 Å². The van der Waals surface area contributed by atoms with Gasteiger partial charge in [-0.3, -0.25) is 0 Å². The van der Waals surface area contributed by atoms with E-state index < -0.39 is 0 Å². The Morgan fingerprint density at radius 2 is 2.26 bits per heavy atom. The number of anilines is 1. The molecular formula is C17H25BrFN3S. The number of nitrogens with zero attached hydrogens (tertiary/aromatic N) is 1. The number of likely N-dealkylation sites (tertiary alicyclic amines) is 1. The largest absolute Gasteiger partial charge is 0.362 e. The van der Waals surface area contributed by atoms with Crippen LogP contribution in [0.1, 0.15) is 39.0 Å². The van der Waals surface area contributed by atoms with Crippen molar-refractivity contribution < 1.29 is 4.39 Å². The molecule has 0 saturated carbocycles. The molecule has 0 unspecified atom stereocenters. The molecule has 1 atom stereocenters. The zero-order valence-corrected chi connectivity index (χ0v) is 16.0. The van der Waals surface area contributed by atoms with Gasteiger partial charge in [0.15, 0.2) is 5.11 Å². The fourth-order valence-electron chi connectivity index (χ4n) is 3.06. The maximum absolute atomic E-state index is 13.7. The lowest BCUT2D eigenvalue weighted by molar-refractivity contribution is 0.143. The minimum absolute atomic E-state index is 0.317. The molecule has 6 heteroatoms. The highest BCUT2D eigenvalue weighted by molar-refractivity contribution is 9.10. The molecule has 0 aromatic heterocycles. The second kappa shape index (κ2) is 9.55. The molecule has 1 saturated heterocycles. The lowest BCUT2D eigenvalue weighted by atomic mass is 10.00. The van der Waals surface area contributed by atoms with Gasteiger partial charge in [-0.15, -0.1) is 0 Å². The van der Waals surface area contributed by atoms with E-state index >= 15 is 0 Å². The van der Waals surface area contributed by atoms with Crippen LogP contribution < -0.4 is 10.6 Å². The summed E-state index contributed by atoms with van der Waals surface area (Å²) in [6.07, 6.45) is 6.27. The Bertz CT molecular complexity index is 527. The quantitative estimate of drug-likeness (QED) is 0.540. The maximum Gasteiger partial charge on any atom is 0.170 e. The fourth-order valence-corrected chi connectivity index (χ4v) is 3.60. The molecule has 0 radical (unpaired) electrons. The van der Waals surface area contributed by atoms with Crippen molar-refractivity contribution in [3.8, 4) is 0 Å². The molecule has 128 valence electrons. The van der Waals surface area contributed by atoms with Crippen molar-refractivity contribution in [2.75, 3.05) is 25.0 Å². The third-order valence-electron chi connectivity index (χ3n) is 4.31. The number of nitrogens with one attached hydrogen (secondary N) is 2. The van der Waals surface area contributed by atoms with Crippen molar-refractivity contribution in [1.29, 1.82) is 0 Å². The minimum atomic E-state index is -0.317. The van der Waals surface area contributed by atoms with E-state index in [-0.39, 0.29) is 5.82 Å². The van der Waals surface area contributed by atoms with Gasteiger partial charge >= 0.3 is 0 Å². The van der Waals surface area contributed by atoms with Crippen LogP contribution in [-0.4, -0.2) is 35.7 Å². The molecule has 2 N–H and O–H groups in total. The predicted molar refractivity (Wildman–Crippen MR) is 102 cm³/mol. The smallest absolute Gasteiger partial charge is 0.170 e. The van der Waals surface area contributed by atoms with Crippen molar-refractivity contribution >= 4 is 38.9 Å². The minimum Gasteiger partial charge on any atom is -0.362 e. The number of hydrogen-bond acceptors (Lipinski definition) is 2. The van der Waals surface area contributed by atoms with Crippen LogP contribution in [0.4, 0.5) is 10.1 Å². The maximum atomic E-state index is 13.7. The van der Waals surface area contributed by atoms with E-state index in [1.807, 2.05) is 0 Å². The fraction of sp³-hybridized carbons (Fsp3) is 0.588. The molecule has 1 fully saturated rings. The molecule has 1 aliphatic rings. The summed E-state index contributed by atoms with van der Waals surface area (Å²) in [5.41, 5.74) is 0.396. The van der Waals surface area contributed by atoms with Gasteiger partial charge in [-0.05, 0) is 62.6 Å². The first-order valence-electron chi connectivity index (χ1n) is 8.34. The van der Waals surface area contributed by atoms with Gasteiger partial charge in [0.25, 0.3) is 0 Å². The van der Waals surface area contributed by atoms with Crippen LogP contribution >= 0.6 is 28.1 Å². The van der Waals surface area contributed by atoms with E-state index in [0.29, 0.717) is 15.3 Å². The first kappa shape index (κ1) is 18.6. The molecular weight excluding hydrogens is 377 g/mol. The van der Waals surface area contributed by atoms with Gasteiger partial charge < -0.3 is 15.5 Å². The standard InChI is InChI=1S/C17H25BrFN3S/c1-2-14-6-3-4-10-22(14)11-5-9-20-17(23)21-16-8-7-13(18)12-15(16)19/h7-8,12,14H,2-6,9-11H2,1H3,(H2,20,21,23)/t14-/m0/s1. The second-order valence-electron chi connectivity index (χ2n) is 5.95. The van der Waals surface area contributed by atoms with Crippen molar-refractivity contribution in [1.82, 2.24) is 10.2 Å².